The fourth-order valence-corrected chi connectivity index (χ4v) is 2.66. The van der Waals surface area contributed by atoms with Crippen LogP contribution in [0.3, 0.4) is 0 Å². The van der Waals surface area contributed by atoms with Gasteiger partial charge in [-0.15, -0.1) is 0 Å². The van der Waals surface area contributed by atoms with Crippen LogP contribution in [0.2, 0.25) is 0 Å². The van der Waals surface area contributed by atoms with Gasteiger partial charge in [0.05, 0.1) is 29.0 Å². The summed E-state index contributed by atoms with van der Waals surface area (Å²) in [5.41, 5.74) is 1.20. The molecule has 0 saturated carbocycles. The molecule has 3 aromatic rings. The summed E-state index contributed by atoms with van der Waals surface area (Å²) in [6.07, 6.45) is 1.52. The predicted molar refractivity (Wildman–Crippen MR) is 102 cm³/mol. The lowest BCUT2D eigenvalue weighted by atomic mass is 10.1. The van der Waals surface area contributed by atoms with Crippen LogP contribution < -0.4 is 10.6 Å². The Kier molecular flexibility index (Phi) is 5.50. The van der Waals surface area contributed by atoms with E-state index in [1.165, 1.54) is 24.5 Å². The number of nitrogens with one attached hydrogen (secondary N) is 2. The van der Waals surface area contributed by atoms with Gasteiger partial charge in [-0.3, -0.25) is 19.7 Å². The standard InChI is InChI=1S/C20H17N3O5/c1-13-11-14(8-9-18(13)23(26)27)19(24)22-17-7-3-2-6-16(17)20(25)21-12-15-5-4-10-28-15/h2-11H,12H2,1H3,(H,21,25)(H,22,24). The average Bonchev–Trinajstić information content (AvgIpc) is 3.19. The van der Waals surface area contributed by atoms with Crippen LogP contribution in [0.15, 0.2) is 65.3 Å². The molecule has 0 saturated heterocycles. The summed E-state index contributed by atoms with van der Waals surface area (Å²) in [5, 5.41) is 16.3. The molecule has 28 heavy (non-hydrogen) atoms. The van der Waals surface area contributed by atoms with E-state index in [1.54, 1.807) is 43.3 Å². The van der Waals surface area contributed by atoms with Gasteiger partial charge in [0.2, 0.25) is 0 Å². The molecule has 8 heteroatoms. The molecule has 0 atom stereocenters. The molecule has 0 aliphatic heterocycles. The minimum absolute atomic E-state index is 0.0609. The van der Waals surface area contributed by atoms with Crippen LogP contribution in [0.5, 0.6) is 0 Å². The second-order valence-corrected chi connectivity index (χ2v) is 6.02. The average molecular weight is 379 g/mol. The van der Waals surface area contributed by atoms with Gasteiger partial charge in [0.25, 0.3) is 17.5 Å². The molecule has 0 aliphatic carbocycles. The van der Waals surface area contributed by atoms with Crippen LogP contribution in [0, 0.1) is 17.0 Å². The van der Waals surface area contributed by atoms with E-state index in [1.807, 2.05) is 0 Å². The maximum atomic E-state index is 12.5. The highest BCUT2D eigenvalue weighted by molar-refractivity contribution is 6.09. The number of carbonyl (C=O) groups excluding carboxylic acids is 2. The van der Waals surface area contributed by atoms with Gasteiger partial charge >= 0.3 is 0 Å². The normalized spacial score (nSPS) is 10.3. The summed E-state index contributed by atoms with van der Waals surface area (Å²) in [6.45, 7) is 1.78. The highest BCUT2D eigenvalue weighted by Gasteiger charge is 2.17. The number of rotatable bonds is 6. The van der Waals surface area contributed by atoms with Gasteiger partial charge in [0.15, 0.2) is 0 Å². The number of furan rings is 1. The Morgan fingerprint density at radius 1 is 1.07 bits per heavy atom. The van der Waals surface area contributed by atoms with Gasteiger partial charge in [-0.1, -0.05) is 12.1 Å². The van der Waals surface area contributed by atoms with Gasteiger partial charge in [-0.2, -0.15) is 0 Å². The van der Waals surface area contributed by atoms with Crippen molar-refractivity contribution in [2.45, 2.75) is 13.5 Å². The molecule has 0 radical (unpaired) electrons. The van der Waals surface area contributed by atoms with Crippen molar-refractivity contribution < 1.29 is 18.9 Å². The topological polar surface area (TPSA) is 114 Å². The molecule has 0 fully saturated rings. The smallest absolute Gasteiger partial charge is 0.272 e. The molecule has 2 aromatic carbocycles. The maximum Gasteiger partial charge on any atom is 0.272 e. The minimum atomic E-state index is -0.504. The summed E-state index contributed by atoms with van der Waals surface area (Å²) in [6, 6.07) is 14.1. The first-order valence-corrected chi connectivity index (χ1v) is 8.41. The van der Waals surface area contributed by atoms with Gasteiger partial charge < -0.3 is 15.1 Å². The lowest BCUT2D eigenvalue weighted by molar-refractivity contribution is -0.385. The first-order chi connectivity index (χ1) is 13.5. The number of nitro groups is 1. The van der Waals surface area contributed by atoms with Crippen molar-refractivity contribution in [1.82, 2.24) is 5.32 Å². The first kappa shape index (κ1) is 18.8. The number of hydrogen-bond acceptors (Lipinski definition) is 5. The second-order valence-electron chi connectivity index (χ2n) is 6.02. The van der Waals surface area contributed by atoms with Crippen molar-refractivity contribution in [2.24, 2.45) is 0 Å². The number of carbonyl (C=O) groups is 2. The zero-order chi connectivity index (χ0) is 20.1. The van der Waals surface area contributed by atoms with Crippen molar-refractivity contribution in [1.29, 1.82) is 0 Å². The van der Waals surface area contributed by atoms with Gasteiger partial charge in [-0.25, -0.2) is 0 Å². The molecule has 1 aromatic heterocycles. The molecule has 0 unspecified atom stereocenters. The van der Waals surface area contributed by atoms with E-state index in [0.29, 0.717) is 22.6 Å². The Morgan fingerprint density at radius 2 is 1.86 bits per heavy atom. The number of para-hydroxylation sites is 1. The highest BCUT2D eigenvalue weighted by Crippen LogP contribution is 2.21. The fraction of sp³-hybridized carbons (Fsp3) is 0.100. The number of aryl methyl sites for hydroxylation is 1. The summed E-state index contributed by atoms with van der Waals surface area (Å²) in [7, 11) is 0. The van der Waals surface area contributed by atoms with Gasteiger partial charge in [0.1, 0.15) is 5.76 Å². The molecular formula is C20H17N3O5. The third-order valence-corrected chi connectivity index (χ3v) is 4.08. The molecule has 3 rings (SSSR count). The summed E-state index contributed by atoms with van der Waals surface area (Å²) in [4.78, 5) is 35.4. The van der Waals surface area contributed by atoms with E-state index in [2.05, 4.69) is 10.6 Å². The highest BCUT2D eigenvalue weighted by atomic mass is 16.6. The summed E-state index contributed by atoms with van der Waals surface area (Å²) >= 11 is 0. The number of anilines is 1. The van der Waals surface area contributed by atoms with E-state index >= 15 is 0 Å². The molecule has 0 aliphatic rings. The van der Waals surface area contributed by atoms with Crippen LogP contribution >= 0.6 is 0 Å². The van der Waals surface area contributed by atoms with E-state index in [-0.39, 0.29) is 23.7 Å². The lowest BCUT2D eigenvalue weighted by Crippen LogP contribution is -2.24. The molecule has 2 amide bonds. The molecule has 8 nitrogen and oxygen atoms in total. The Morgan fingerprint density at radius 3 is 2.54 bits per heavy atom. The first-order valence-electron chi connectivity index (χ1n) is 8.41. The van der Waals surface area contributed by atoms with Crippen LogP contribution in [0.4, 0.5) is 11.4 Å². The molecular weight excluding hydrogens is 362 g/mol. The predicted octanol–water partition coefficient (Wildman–Crippen LogP) is 3.68. The number of hydrogen-bond donors (Lipinski definition) is 2. The molecule has 2 N–H and O–H groups in total. The summed E-state index contributed by atoms with van der Waals surface area (Å²) in [5.74, 6) is -0.229. The maximum absolute atomic E-state index is 12.5. The van der Waals surface area contributed by atoms with Crippen LogP contribution in [-0.4, -0.2) is 16.7 Å². The Hall–Kier alpha value is -3.94. The van der Waals surface area contributed by atoms with Crippen molar-refractivity contribution in [3.63, 3.8) is 0 Å². The Bertz CT molecular complexity index is 1030. The van der Waals surface area contributed by atoms with Crippen molar-refractivity contribution in [2.75, 3.05) is 5.32 Å². The van der Waals surface area contributed by atoms with Crippen molar-refractivity contribution in [3.8, 4) is 0 Å². The van der Waals surface area contributed by atoms with E-state index < -0.39 is 10.8 Å². The summed E-state index contributed by atoms with van der Waals surface area (Å²) < 4.78 is 5.18. The molecule has 0 spiro atoms. The third kappa shape index (κ3) is 4.24. The van der Waals surface area contributed by atoms with Gasteiger partial charge in [0, 0.05) is 17.2 Å². The van der Waals surface area contributed by atoms with Crippen LogP contribution in [0.1, 0.15) is 32.0 Å². The van der Waals surface area contributed by atoms with Crippen molar-refractivity contribution in [3.05, 3.63) is 93.4 Å². The van der Waals surface area contributed by atoms with Gasteiger partial charge in [-0.05, 0) is 43.3 Å². The number of nitro benzene ring substituents is 1. The molecule has 142 valence electrons. The van der Waals surface area contributed by atoms with E-state index in [4.69, 9.17) is 4.42 Å². The SMILES string of the molecule is Cc1cc(C(=O)Nc2ccccc2C(=O)NCc2ccco2)ccc1[N+](=O)[O-]. The molecule has 0 bridgehead atoms. The third-order valence-electron chi connectivity index (χ3n) is 4.08. The minimum Gasteiger partial charge on any atom is -0.467 e. The zero-order valence-corrected chi connectivity index (χ0v) is 15.0. The van der Waals surface area contributed by atoms with E-state index in [9.17, 15) is 19.7 Å². The van der Waals surface area contributed by atoms with Crippen LogP contribution in [0.25, 0.3) is 0 Å². The van der Waals surface area contributed by atoms with E-state index in [0.717, 1.165) is 0 Å². The fourth-order valence-electron chi connectivity index (χ4n) is 2.66. The monoisotopic (exact) mass is 379 g/mol. The van der Waals surface area contributed by atoms with Crippen molar-refractivity contribution >= 4 is 23.2 Å². The Labute approximate surface area is 160 Å². The quantitative estimate of drug-likeness (QED) is 0.501. The number of benzene rings is 2. The number of nitrogens with zero attached hydrogens (tertiary/aromatic N) is 1. The zero-order valence-electron chi connectivity index (χ0n) is 15.0. The lowest BCUT2D eigenvalue weighted by Gasteiger charge is -2.11. The second kappa shape index (κ2) is 8.17. The van der Waals surface area contributed by atoms with Crippen LogP contribution in [-0.2, 0) is 6.54 Å². The number of amides is 2. The molecule has 1 heterocycles. The largest absolute Gasteiger partial charge is 0.467 e. The Balaban J connectivity index is 1.75.